The molecule has 33 heavy (non-hydrogen) atoms. The molecule has 2 saturated heterocycles. The summed E-state index contributed by atoms with van der Waals surface area (Å²) in [5, 5.41) is 5.95. The first-order valence-electron chi connectivity index (χ1n) is 11.7. The molecule has 0 bridgehead atoms. The Balaban J connectivity index is 1.21. The molecule has 2 fully saturated rings. The third-order valence-electron chi connectivity index (χ3n) is 6.55. The number of urea groups is 1. The summed E-state index contributed by atoms with van der Waals surface area (Å²) in [6, 6.07) is 11.6. The van der Waals surface area contributed by atoms with E-state index in [1.54, 1.807) is 17.3 Å². The number of hydrazone groups is 1. The maximum absolute atomic E-state index is 13.2. The number of amides is 3. The molecule has 3 aliphatic heterocycles. The van der Waals surface area contributed by atoms with Crippen molar-refractivity contribution in [2.24, 2.45) is 5.10 Å². The van der Waals surface area contributed by atoms with Gasteiger partial charge in [0.05, 0.1) is 6.04 Å². The predicted octanol–water partition coefficient (Wildman–Crippen LogP) is 2.78. The van der Waals surface area contributed by atoms with Gasteiger partial charge in [0.2, 0.25) is 5.95 Å². The van der Waals surface area contributed by atoms with Gasteiger partial charge < -0.3 is 14.7 Å². The van der Waals surface area contributed by atoms with Crippen molar-refractivity contribution in [3.8, 4) is 0 Å². The van der Waals surface area contributed by atoms with Crippen LogP contribution in [-0.2, 0) is 0 Å². The van der Waals surface area contributed by atoms with Crippen LogP contribution >= 0.6 is 0 Å². The minimum atomic E-state index is -0.0767. The van der Waals surface area contributed by atoms with Gasteiger partial charge in [-0.25, -0.2) is 19.8 Å². The van der Waals surface area contributed by atoms with Crippen LogP contribution in [0.5, 0.6) is 0 Å². The summed E-state index contributed by atoms with van der Waals surface area (Å²) >= 11 is 0. The van der Waals surface area contributed by atoms with Gasteiger partial charge in [0.25, 0.3) is 5.91 Å². The van der Waals surface area contributed by atoms with E-state index in [4.69, 9.17) is 0 Å². The standard InChI is InChI=1S/C24H29N7O2/c32-22(28-13-5-2-6-14-28)20-9-11-25-23(27-20)29-15-17-30(18-16-29)24(33)31-21(10-12-26-31)19-7-3-1-4-8-19/h1,3-4,7-9,11-12,21H,2,5-6,10,13-18H2. The Kier molecular flexibility index (Phi) is 6.19. The number of carbonyl (C=O) groups excluding carboxylic acids is 2. The van der Waals surface area contributed by atoms with Crippen molar-refractivity contribution >= 4 is 24.1 Å². The van der Waals surface area contributed by atoms with Crippen LogP contribution in [0, 0.1) is 0 Å². The fourth-order valence-electron chi connectivity index (χ4n) is 4.67. The quantitative estimate of drug-likeness (QED) is 0.722. The maximum Gasteiger partial charge on any atom is 0.341 e. The molecule has 1 atom stereocenters. The molecule has 0 aliphatic carbocycles. The lowest BCUT2D eigenvalue weighted by atomic mass is 10.1. The van der Waals surface area contributed by atoms with E-state index in [2.05, 4.69) is 15.1 Å². The van der Waals surface area contributed by atoms with Crippen molar-refractivity contribution in [1.29, 1.82) is 0 Å². The van der Waals surface area contributed by atoms with E-state index >= 15 is 0 Å². The summed E-state index contributed by atoms with van der Waals surface area (Å²) < 4.78 is 0. The van der Waals surface area contributed by atoms with Gasteiger partial charge in [0.15, 0.2) is 0 Å². The second-order valence-electron chi connectivity index (χ2n) is 8.66. The number of carbonyl (C=O) groups is 2. The molecule has 4 heterocycles. The fourth-order valence-corrected chi connectivity index (χ4v) is 4.67. The Morgan fingerprint density at radius 1 is 0.848 bits per heavy atom. The van der Waals surface area contributed by atoms with Crippen molar-refractivity contribution in [2.75, 3.05) is 44.2 Å². The van der Waals surface area contributed by atoms with Gasteiger partial charge >= 0.3 is 6.03 Å². The molecular weight excluding hydrogens is 418 g/mol. The number of hydrogen-bond acceptors (Lipinski definition) is 6. The average molecular weight is 448 g/mol. The van der Waals surface area contributed by atoms with E-state index < -0.39 is 0 Å². The zero-order valence-corrected chi connectivity index (χ0v) is 18.7. The lowest BCUT2D eigenvalue weighted by molar-refractivity contribution is 0.0718. The fraction of sp³-hybridized carbons (Fsp3) is 0.458. The normalized spacial score (nSPS) is 20.9. The number of hydrogen-bond donors (Lipinski definition) is 0. The molecule has 9 nitrogen and oxygen atoms in total. The minimum Gasteiger partial charge on any atom is -0.337 e. The number of aromatic nitrogens is 2. The van der Waals surface area contributed by atoms with Crippen LogP contribution < -0.4 is 4.90 Å². The monoisotopic (exact) mass is 447 g/mol. The molecule has 172 valence electrons. The molecular formula is C24H29N7O2. The van der Waals surface area contributed by atoms with Gasteiger partial charge in [-0.2, -0.15) is 5.10 Å². The summed E-state index contributed by atoms with van der Waals surface area (Å²) in [7, 11) is 0. The van der Waals surface area contributed by atoms with Crippen LogP contribution in [0.4, 0.5) is 10.7 Å². The predicted molar refractivity (Wildman–Crippen MR) is 125 cm³/mol. The summed E-state index contributed by atoms with van der Waals surface area (Å²) in [6.07, 6.45) is 7.46. The summed E-state index contributed by atoms with van der Waals surface area (Å²) in [4.78, 5) is 40.7. The Morgan fingerprint density at radius 3 is 2.36 bits per heavy atom. The number of nitrogens with zero attached hydrogens (tertiary/aromatic N) is 7. The molecule has 3 aliphatic rings. The number of piperazine rings is 1. The van der Waals surface area contributed by atoms with Gasteiger partial charge in [-0.1, -0.05) is 30.3 Å². The molecule has 0 saturated carbocycles. The first-order valence-corrected chi connectivity index (χ1v) is 11.7. The Hall–Kier alpha value is -3.49. The molecule has 3 amide bonds. The molecule has 0 N–H and O–H groups in total. The van der Waals surface area contributed by atoms with Crippen molar-refractivity contribution in [2.45, 2.75) is 31.7 Å². The van der Waals surface area contributed by atoms with E-state index in [1.807, 2.05) is 51.2 Å². The highest BCUT2D eigenvalue weighted by molar-refractivity contribution is 5.92. The smallest absolute Gasteiger partial charge is 0.337 e. The number of likely N-dealkylation sites (tertiary alicyclic amines) is 1. The third-order valence-corrected chi connectivity index (χ3v) is 6.55. The molecule has 5 rings (SSSR count). The van der Waals surface area contributed by atoms with Crippen molar-refractivity contribution < 1.29 is 9.59 Å². The molecule has 9 heteroatoms. The first-order chi connectivity index (χ1) is 16.2. The number of anilines is 1. The molecule has 1 aromatic heterocycles. The zero-order chi connectivity index (χ0) is 22.6. The van der Waals surface area contributed by atoms with E-state index in [0.717, 1.165) is 37.9 Å². The topological polar surface area (TPSA) is 85.2 Å². The Morgan fingerprint density at radius 2 is 1.61 bits per heavy atom. The zero-order valence-electron chi connectivity index (χ0n) is 18.7. The summed E-state index contributed by atoms with van der Waals surface area (Å²) in [5.41, 5.74) is 1.53. The molecule has 1 aromatic carbocycles. The maximum atomic E-state index is 13.2. The highest BCUT2D eigenvalue weighted by Gasteiger charge is 2.33. The number of rotatable bonds is 3. The van der Waals surface area contributed by atoms with Gasteiger partial charge in [-0.15, -0.1) is 0 Å². The Bertz CT molecular complexity index is 1010. The molecule has 0 spiro atoms. The van der Waals surface area contributed by atoms with E-state index in [-0.39, 0.29) is 18.0 Å². The van der Waals surface area contributed by atoms with E-state index in [9.17, 15) is 9.59 Å². The summed E-state index contributed by atoms with van der Waals surface area (Å²) in [5.74, 6) is 0.525. The van der Waals surface area contributed by atoms with Crippen molar-refractivity contribution in [3.63, 3.8) is 0 Å². The number of piperidine rings is 1. The molecule has 1 unspecified atom stereocenters. The average Bonchev–Trinajstić information content (AvgIpc) is 3.39. The highest BCUT2D eigenvalue weighted by atomic mass is 16.2. The molecule has 2 aromatic rings. The Labute approximate surface area is 193 Å². The number of benzene rings is 1. The van der Waals surface area contributed by atoms with Crippen LogP contribution in [0.1, 0.15) is 47.8 Å². The van der Waals surface area contributed by atoms with Crippen LogP contribution in [0.25, 0.3) is 0 Å². The van der Waals surface area contributed by atoms with E-state index in [1.165, 1.54) is 6.42 Å². The second kappa shape index (κ2) is 9.56. The van der Waals surface area contributed by atoms with Crippen LogP contribution in [-0.4, -0.2) is 82.2 Å². The van der Waals surface area contributed by atoms with Crippen LogP contribution in [0.15, 0.2) is 47.7 Å². The largest absolute Gasteiger partial charge is 0.341 e. The molecule has 0 radical (unpaired) electrons. The second-order valence-corrected chi connectivity index (χ2v) is 8.66. The van der Waals surface area contributed by atoms with Gasteiger partial charge in [-0.05, 0) is 30.9 Å². The van der Waals surface area contributed by atoms with Crippen LogP contribution in [0.3, 0.4) is 0 Å². The van der Waals surface area contributed by atoms with E-state index in [0.29, 0.717) is 37.8 Å². The van der Waals surface area contributed by atoms with Gasteiger partial charge in [-0.3, -0.25) is 4.79 Å². The lowest BCUT2D eigenvalue weighted by Gasteiger charge is -2.37. The highest BCUT2D eigenvalue weighted by Crippen LogP contribution is 2.29. The van der Waals surface area contributed by atoms with Gasteiger partial charge in [0.1, 0.15) is 5.69 Å². The first kappa shape index (κ1) is 21.4. The van der Waals surface area contributed by atoms with Crippen LogP contribution in [0.2, 0.25) is 0 Å². The minimum absolute atomic E-state index is 0.0222. The van der Waals surface area contributed by atoms with Gasteiger partial charge in [0, 0.05) is 58.1 Å². The SMILES string of the molecule is O=C(c1ccnc(N2CCN(C(=O)N3N=CCC3c3ccccc3)CC2)n1)N1CCCCC1. The lowest BCUT2D eigenvalue weighted by Crippen LogP contribution is -2.52. The van der Waals surface area contributed by atoms with Crippen molar-refractivity contribution in [3.05, 3.63) is 53.9 Å². The third kappa shape index (κ3) is 4.53. The summed E-state index contributed by atoms with van der Waals surface area (Å²) in [6.45, 7) is 3.92. The van der Waals surface area contributed by atoms with Crippen molar-refractivity contribution in [1.82, 2.24) is 24.8 Å².